The quantitative estimate of drug-likeness (QED) is 0.767. The van der Waals surface area contributed by atoms with Crippen molar-refractivity contribution >= 4 is 5.69 Å². The molecule has 0 fully saturated rings. The van der Waals surface area contributed by atoms with Gasteiger partial charge in [0.1, 0.15) is 0 Å². The molecule has 0 saturated carbocycles. The van der Waals surface area contributed by atoms with Crippen LogP contribution < -0.4 is 14.6 Å². The molecule has 0 spiro atoms. The van der Waals surface area contributed by atoms with Crippen LogP contribution in [-0.2, 0) is 0 Å². The van der Waals surface area contributed by atoms with E-state index in [9.17, 15) is 0 Å². The van der Waals surface area contributed by atoms with E-state index < -0.39 is 0 Å². The third-order valence-electron chi connectivity index (χ3n) is 2.47. The lowest BCUT2D eigenvalue weighted by Gasteiger charge is -2.32. The van der Waals surface area contributed by atoms with Crippen LogP contribution in [0.4, 0.5) is 5.69 Å². The van der Waals surface area contributed by atoms with E-state index in [1.165, 1.54) is 5.69 Å². The normalized spacial score (nSPS) is 10.9. The largest absolute Gasteiger partial charge is 0.445 e. The van der Waals surface area contributed by atoms with E-state index in [0.717, 1.165) is 5.88 Å². The number of ether oxygens (including phenoxy) is 1. The molecular weight excluding hydrogens is 200 g/mol. The van der Waals surface area contributed by atoms with Crippen molar-refractivity contribution in [3.8, 4) is 5.88 Å². The summed E-state index contributed by atoms with van der Waals surface area (Å²) in [7, 11) is 0. The first-order valence-corrected chi connectivity index (χ1v) is 5.99. The maximum atomic E-state index is 5.47. The summed E-state index contributed by atoms with van der Waals surface area (Å²) in [6.45, 7) is 11.5. The van der Waals surface area contributed by atoms with Crippen LogP contribution in [0.15, 0.2) is 18.3 Å². The summed E-state index contributed by atoms with van der Waals surface area (Å²) in [5.74, 6) is 0.825. The highest BCUT2D eigenvalue weighted by Gasteiger charge is 2.16. The Morgan fingerprint density at radius 1 is 1.25 bits per heavy atom. The zero-order valence-corrected chi connectivity index (χ0v) is 10.9. The minimum Gasteiger partial charge on any atom is -0.445 e. The standard InChI is InChI=1S/C13H22N2O/c1-6-16-13-9-12(7-8-14-13)15(10(2)3)11(4)5/h7-11H,6H2,1-5H3/p+1. The fraction of sp³-hybridized carbons (Fsp3) is 0.615. The van der Waals surface area contributed by atoms with Crippen molar-refractivity contribution in [1.82, 2.24) is 0 Å². The summed E-state index contributed by atoms with van der Waals surface area (Å²) in [5.41, 5.74) is 1.20. The van der Waals surface area contributed by atoms with Crippen molar-refractivity contribution in [3.05, 3.63) is 18.3 Å². The minimum absolute atomic E-state index is 0.483. The van der Waals surface area contributed by atoms with Gasteiger partial charge in [-0.1, -0.05) is 0 Å². The maximum absolute atomic E-state index is 5.47. The van der Waals surface area contributed by atoms with E-state index in [-0.39, 0.29) is 0 Å². The van der Waals surface area contributed by atoms with Crippen molar-refractivity contribution < 1.29 is 9.72 Å². The van der Waals surface area contributed by atoms with Gasteiger partial charge in [-0.05, 0) is 34.6 Å². The molecule has 3 heteroatoms. The summed E-state index contributed by atoms with van der Waals surface area (Å²) < 4.78 is 5.47. The maximum Gasteiger partial charge on any atom is 0.368 e. The highest BCUT2D eigenvalue weighted by Crippen LogP contribution is 2.21. The van der Waals surface area contributed by atoms with Crippen LogP contribution in [-0.4, -0.2) is 18.7 Å². The Labute approximate surface area is 98.4 Å². The SMILES string of the molecule is CCOc1cc(N(C(C)C)C(C)C)cc[nH+]1. The van der Waals surface area contributed by atoms with Crippen LogP contribution >= 0.6 is 0 Å². The fourth-order valence-corrected chi connectivity index (χ4v) is 2.03. The van der Waals surface area contributed by atoms with Crippen LogP contribution in [0.1, 0.15) is 34.6 Å². The van der Waals surface area contributed by atoms with Gasteiger partial charge in [-0.3, -0.25) is 0 Å². The van der Waals surface area contributed by atoms with Gasteiger partial charge in [0, 0.05) is 18.2 Å². The Morgan fingerprint density at radius 2 is 1.88 bits per heavy atom. The van der Waals surface area contributed by atoms with E-state index in [1.807, 2.05) is 13.1 Å². The number of anilines is 1. The lowest BCUT2D eigenvalue weighted by Crippen LogP contribution is -2.37. The van der Waals surface area contributed by atoms with E-state index in [2.05, 4.69) is 49.7 Å². The molecule has 90 valence electrons. The van der Waals surface area contributed by atoms with E-state index in [0.29, 0.717) is 18.7 Å². The van der Waals surface area contributed by atoms with Crippen molar-refractivity contribution in [2.75, 3.05) is 11.5 Å². The number of pyridine rings is 1. The fourth-order valence-electron chi connectivity index (χ4n) is 2.03. The van der Waals surface area contributed by atoms with Gasteiger partial charge in [0.25, 0.3) is 0 Å². The third-order valence-corrected chi connectivity index (χ3v) is 2.47. The number of hydrogen-bond acceptors (Lipinski definition) is 2. The topological polar surface area (TPSA) is 26.6 Å². The molecule has 0 aliphatic heterocycles. The second-order valence-electron chi connectivity index (χ2n) is 4.44. The molecule has 0 amide bonds. The second kappa shape index (κ2) is 5.73. The number of rotatable bonds is 5. The summed E-state index contributed by atoms with van der Waals surface area (Å²) in [6, 6.07) is 5.11. The Morgan fingerprint density at radius 3 is 2.38 bits per heavy atom. The van der Waals surface area contributed by atoms with Gasteiger partial charge in [0.2, 0.25) is 0 Å². The number of aromatic nitrogens is 1. The molecule has 0 saturated heterocycles. The molecule has 1 heterocycles. The second-order valence-corrected chi connectivity index (χ2v) is 4.44. The number of hydrogen-bond donors (Lipinski definition) is 0. The molecule has 0 bridgehead atoms. The van der Waals surface area contributed by atoms with E-state index in [4.69, 9.17) is 4.74 Å². The summed E-state index contributed by atoms with van der Waals surface area (Å²) >= 11 is 0. The van der Waals surface area contributed by atoms with Crippen molar-refractivity contribution in [2.45, 2.75) is 46.7 Å². The van der Waals surface area contributed by atoms with E-state index in [1.54, 1.807) is 0 Å². The van der Waals surface area contributed by atoms with Gasteiger partial charge in [-0.25, -0.2) is 0 Å². The smallest absolute Gasteiger partial charge is 0.368 e. The Kier molecular flexibility index (Phi) is 4.59. The van der Waals surface area contributed by atoms with Gasteiger partial charge in [-0.15, -0.1) is 0 Å². The van der Waals surface area contributed by atoms with Crippen LogP contribution in [0.3, 0.4) is 0 Å². The Bertz CT molecular complexity index is 315. The summed E-state index contributed by atoms with van der Waals surface area (Å²) in [6.07, 6.45) is 1.93. The average Bonchev–Trinajstić information content (AvgIpc) is 2.17. The van der Waals surface area contributed by atoms with Crippen LogP contribution in [0, 0.1) is 0 Å². The summed E-state index contributed by atoms with van der Waals surface area (Å²) in [5, 5.41) is 0. The van der Waals surface area contributed by atoms with Crippen molar-refractivity contribution in [1.29, 1.82) is 0 Å². The zero-order chi connectivity index (χ0) is 12.1. The van der Waals surface area contributed by atoms with E-state index >= 15 is 0 Å². The highest BCUT2D eigenvalue weighted by molar-refractivity contribution is 5.48. The Balaban J connectivity index is 2.95. The molecule has 0 aliphatic carbocycles. The molecule has 16 heavy (non-hydrogen) atoms. The monoisotopic (exact) mass is 223 g/mol. The molecule has 0 atom stereocenters. The lowest BCUT2D eigenvalue weighted by molar-refractivity contribution is -0.394. The zero-order valence-electron chi connectivity index (χ0n) is 10.9. The van der Waals surface area contributed by atoms with Gasteiger partial charge in [0.15, 0.2) is 6.20 Å². The van der Waals surface area contributed by atoms with Crippen LogP contribution in [0.25, 0.3) is 0 Å². The number of aromatic amines is 1. The molecule has 1 N–H and O–H groups in total. The molecule has 3 nitrogen and oxygen atoms in total. The number of H-pyrrole nitrogens is 1. The Hall–Kier alpha value is -1.25. The number of nitrogens with one attached hydrogen (secondary N) is 1. The van der Waals surface area contributed by atoms with Gasteiger partial charge >= 0.3 is 5.88 Å². The van der Waals surface area contributed by atoms with Gasteiger partial charge < -0.3 is 9.64 Å². The first kappa shape index (κ1) is 12.8. The van der Waals surface area contributed by atoms with Crippen LogP contribution in [0.2, 0.25) is 0 Å². The minimum atomic E-state index is 0.483. The molecule has 0 aliphatic rings. The summed E-state index contributed by atoms with van der Waals surface area (Å²) in [4.78, 5) is 5.46. The molecule has 0 aromatic carbocycles. The molecule has 0 radical (unpaired) electrons. The van der Waals surface area contributed by atoms with Gasteiger partial charge in [-0.2, -0.15) is 4.98 Å². The molecule has 0 unspecified atom stereocenters. The third kappa shape index (κ3) is 3.12. The number of nitrogens with zero attached hydrogens (tertiary/aromatic N) is 1. The predicted molar refractivity (Wildman–Crippen MR) is 66.9 cm³/mol. The average molecular weight is 223 g/mol. The molecule has 1 aromatic rings. The van der Waals surface area contributed by atoms with Crippen LogP contribution in [0.5, 0.6) is 5.88 Å². The first-order valence-electron chi connectivity index (χ1n) is 5.99. The molecular formula is C13H23N2O+. The van der Waals surface area contributed by atoms with Gasteiger partial charge in [0.05, 0.1) is 18.4 Å². The predicted octanol–water partition coefficient (Wildman–Crippen LogP) is 2.52. The lowest BCUT2D eigenvalue weighted by atomic mass is 10.2. The molecule has 1 aromatic heterocycles. The van der Waals surface area contributed by atoms with Crippen molar-refractivity contribution in [3.63, 3.8) is 0 Å². The van der Waals surface area contributed by atoms with Crippen molar-refractivity contribution in [2.24, 2.45) is 0 Å². The first-order chi connectivity index (χ1) is 7.56. The molecule has 1 rings (SSSR count). The highest BCUT2D eigenvalue weighted by atomic mass is 16.5.